The van der Waals surface area contributed by atoms with E-state index in [1.807, 2.05) is 54.9 Å². The quantitative estimate of drug-likeness (QED) is 0.213. The van der Waals surface area contributed by atoms with Crippen molar-refractivity contribution in [2.45, 2.75) is 66.1 Å². The third-order valence-electron chi connectivity index (χ3n) is 7.19. The first kappa shape index (κ1) is 37.0. The Hall–Kier alpha value is -4.05. The molecule has 0 spiro atoms. The maximum absolute atomic E-state index is 12.8. The molecule has 2 aromatic carbocycles. The summed E-state index contributed by atoms with van der Waals surface area (Å²) in [5, 5.41) is 12.6. The van der Waals surface area contributed by atoms with Crippen LogP contribution in [-0.4, -0.2) is 68.4 Å². The van der Waals surface area contributed by atoms with Gasteiger partial charge in [-0.05, 0) is 68.0 Å². The largest absolute Gasteiger partial charge is 0.398 e. The Bertz CT molecular complexity index is 1340. The molecule has 1 saturated heterocycles. The van der Waals surface area contributed by atoms with Gasteiger partial charge in [0, 0.05) is 59.7 Å². The number of hydrogen-bond donors (Lipinski definition) is 3. The molecule has 0 unspecified atom stereocenters. The number of pyridine rings is 1. The van der Waals surface area contributed by atoms with Crippen molar-refractivity contribution >= 4 is 48.9 Å². The second kappa shape index (κ2) is 20.0. The van der Waals surface area contributed by atoms with Gasteiger partial charge in [-0.1, -0.05) is 38.8 Å². The van der Waals surface area contributed by atoms with Crippen LogP contribution in [-0.2, 0) is 27.1 Å². The fraction of sp³-hybridized carbons (Fsp3) is 0.424. The number of carbonyl (C=O) groups is 3. The van der Waals surface area contributed by atoms with Gasteiger partial charge < -0.3 is 30.9 Å². The normalized spacial score (nSPS) is 13.1. The summed E-state index contributed by atoms with van der Waals surface area (Å²) in [5.74, 6) is 0.0909. The number of unbranched alkanes of at least 4 members (excludes halogenated alkanes) is 1. The Kier molecular flexibility index (Phi) is 17.2. The SMILES string of the molecule is C=O.C=O.CB=O.CC(=N)c1c(N)ccc2nc(-c3ccc(C(=O)N4CCNCC4)cc3)c3c(c12)CCCC3.CCCC. The summed E-state index contributed by atoms with van der Waals surface area (Å²) in [4.78, 5) is 35.8. The van der Waals surface area contributed by atoms with E-state index in [2.05, 4.69) is 19.2 Å². The third kappa shape index (κ3) is 9.75. The van der Waals surface area contributed by atoms with Crippen LogP contribution in [0.15, 0.2) is 36.4 Å². The van der Waals surface area contributed by atoms with Crippen molar-refractivity contribution in [1.29, 1.82) is 5.41 Å². The molecule has 1 aliphatic heterocycles. The Morgan fingerprint density at radius 2 is 1.51 bits per heavy atom. The molecule has 1 amide bonds. The molecule has 1 fully saturated rings. The first-order valence-corrected chi connectivity index (χ1v) is 14.7. The van der Waals surface area contributed by atoms with Crippen LogP contribution >= 0.6 is 0 Å². The zero-order valence-corrected chi connectivity index (χ0v) is 26.1. The minimum atomic E-state index is 0.0909. The molecule has 4 N–H and O–H groups in total. The number of rotatable bonds is 4. The second-order valence-electron chi connectivity index (χ2n) is 10.0. The van der Waals surface area contributed by atoms with E-state index in [0.717, 1.165) is 92.3 Å². The van der Waals surface area contributed by atoms with Gasteiger partial charge in [-0.2, -0.15) is 0 Å². The Balaban J connectivity index is 0.000000741. The number of nitrogens with one attached hydrogen (secondary N) is 2. The molecule has 1 aliphatic carbocycles. The zero-order valence-electron chi connectivity index (χ0n) is 26.1. The molecule has 1 aromatic heterocycles. The zero-order chi connectivity index (χ0) is 32.4. The van der Waals surface area contributed by atoms with Gasteiger partial charge >= 0.3 is 18.7 Å². The third-order valence-corrected chi connectivity index (χ3v) is 7.19. The van der Waals surface area contributed by atoms with E-state index in [1.165, 1.54) is 30.8 Å². The average Bonchev–Trinajstić information content (AvgIpc) is 3.06. The molecule has 230 valence electrons. The van der Waals surface area contributed by atoms with E-state index in [-0.39, 0.29) is 5.91 Å². The minimum Gasteiger partial charge on any atom is -0.398 e. The van der Waals surface area contributed by atoms with Crippen molar-refractivity contribution in [2.24, 2.45) is 0 Å². The van der Waals surface area contributed by atoms with E-state index in [9.17, 15) is 4.79 Å². The summed E-state index contributed by atoms with van der Waals surface area (Å²) in [6.07, 6.45) is 6.86. The summed E-state index contributed by atoms with van der Waals surface area (Å²) in [6, 6.07) is 11.7. The predicted octanol–water partition coefficient (Wildman–Crippen LogP) is 5.32. The number of nitrogens with two attached hydrogens (primary N) is 1. The van der Waals surface area contributed by atoms with Crippen LogP contribution in [0.25, 0.3) is 22.2 Å². The van der Waals surface area contributed by atoms with Gasteiger partial charge in [0.15, 0.2) is 0 Å². The molecular weight excluding hydrogens is 541 g/mol. The number of fused-ring (bicyclic) bond motifs is 3. The number of nitrogen functional groups attached to an aromatic ring is 1. The first-order chi connectivity index (χ1) is 20.9. The number of amides is 1. The number of aromatic nitrogens is 1. The molecule has 3 aromatic rings. The average molecular weight is 588 g/mol. The molecule has 0 atom stereocenters. The minimum absolute atomic E-state index is 0.0909. The first-order valence-electron chi connectivity index (χ1n) is 14.7. The predicted molar refractivity (Wildman–Crippen MR) is 177 cm³/mol. The number of hydrogen-bond acceptors (Lipinski definition) is 8. The van der Waals surface area contributed by atoms with E-state index in [0.29, 0.717) is 11.4 Å². The molecule has 0 saturated carbocycles. The molecule has 43 heavy (non-hydrogen) atoms. The van der Waals surface area contributed by atoms with Crippen molar-refractivity contribution in [3.63, 3.8) is 0 Å². The summed E-state index contributed by atoms with van der Waals surface area (Å²) in [7, 11) is 0.750. The molecule has 10 heteroatoms. The smallest absolute Gasteiger partial charge is 0.253 e. The molecular formula is C33H46BN5O4. The van der Waals surface area contributed by atoms with Gasteiger partial charge in [-0.15, -0.1) is 0 Å². The van der Waals surface area contributed by atoms with E-state index < -0.39 is 0 Å². The van der Waals surface area contributed by atoms with E-state index in [1.54, 1.807) is 6.92 Å². The number of piperazine rings is 1. The number of aryl methyl sites for hydroxylation is 1. The number of benzene rings is 2. The summed E-state index contributed by atoms with van der Waals surface area (Å²) >= 11 is 0. The fourth-order valence-electron chi connectivity index (χ4n) is 5.10. The maximum atomic E-state index is 12.8. The van der Waals surface area contributed by atoms with Gasteiger partial charge in [-0.3, -0.25) is 4.79 Å². The standard InChI is InChI=1S/C26H29N5O.C4H10.CH3BO.2CH2O/c1-16(27)23-21(28)10-11-22-24(23)19-4-2-3-5-20(19)25(30-22)17-6-8-18(9-7-17)26(32)31-14-12-29-13-15-31;1-3-4-2;1-2-3;2*1-2/h6-11,27,29H,2-5,12-15,28H2,1H3;3-4H2,1-2H3;1H3;2*1H2. The molecule has 5 rings (SSSR count). The van der Waals surface area contributed by atoms with Crippen LogP contribution < -0.4 is 11.1 Å². The van der Waals surface area contributed by atoms with Gasteiger partial charge in [0.2, 0.25) is 0 Å². The molecule has 2 heterocycles. The van der Waals surface area contributed by atoms with Crippen molar-refractivity contribution in [3.05, 3.63) is 58.7 Å². The molecule has 0 radical (unpaired) electrons. The van der Waals surface area contributed by atoms with Crippen LogP contribution in [0.4, 0.5) is 5.69 Å². The van der Waals surface area contributed by atoms with Crippen LogP contribution in [0.5, 0.6) is 0 Å². The number of nitrogens with zero attached hydrogens (tertiary/aromatic N) is 2. The molecule has 9 nitrogen and oxygen atoms in total. The maximum Gasteiger partial charge on any atom is 0.253 e. The summed E-state index contributed by atoms with van der Waals surface area (Å²) in [6.45, 7) is 14.8. The van der Waals surface area contributed by atoms with Gasteiger partial charge in [0.25, 0.3) is 5.91 Å². The van der Waals surface area contributed by atoms with Crippen molar-refractivity contribution in [3.8, 4) is 11.3 Å². The summed E-state index contributed by atoms with van der Waals surface area (Å²) in [5.41, 5.74) is 14.4. The van der Waals surface area contributed by atoms with Crippen molar-refractivity contribution in [1.82, 2.24) is 15.2 Å². The van der Waals surface area contributed by atoms with Crippen molar-refractivity contribution in [2.75, 3.05) is 31.9 Å². The number of carbonyl (C=O) groups excluding carboxylic acids is 3. The summed E-state index contributed by atoms with van der Waals surface area (Å²) < 4.78 is 8.81. The van der Waals surface area contributed by atoms with Gasteiger partial charge in [-0.25, -0.2) is 4.98 Å². The monoisotopic (exact) mass is 587 g/mol. The van der Waals surface area contributed by atoms with Gasteiger partial charge in [0.05, 0.1) is 11.2 Å². The Labute approximate surface area is 256 Å². The van der Waals surface area contributed by atoms with Crippen LogP contribution in [0.1, 0.15) is 73.5 Å². The van der Waals surface area contributed by atoms with E-state index in [4.69, 9.17) is 30.4 Å². The Morgan fingerprint density at radius 3 is 2.02 bits per heavy atom. The topological polar surface area (TPSA) is 146 Å². The van der Waals surface area contributed by atoms with Crippen LogP contribution in [0.3, 0.4) is 0 Å². The van der Waals surface area contributed by atoms with Crippen LogP contribution in [0.2, 0.25) is 6.82 Å². The molecule has 2 aliphatic rings. The molecule has 0 bridgehead atoms. The van der Waals surface area contributed by atoms with Gasteiger partial charge in [0.1, 0.15) is 13.6 Å². The van der Waals surface area contributed by atoms with Crippen LogP contribution in [0, 0.1) is 5.41 Å². The van der Waals surface area contributed by atoms with Crippen molar-refractivity contribution < 1.29 is 19.1 Å². The number of anilines is 1. The second-order valence-corrected chi connectivity index (χ2v) is 10.0. The van der Waals surface area contributed by atoms with E-state index >= 15 is 0 Å². The fourth-order valence-corrected chi connectivity index (χ4v) is 5.10. The Morgan fingerprint density at radius 1 is 0.977 bits per heavy atom.